The summed E-state index contributed by atoms with van der Waals surface area (Å²) in [5, 5.41) is 2.51. The molecule has 0 unspecified atom stereocenters. The van der Waals surface area contributed by atoms with Crippen molar-refractivity contribution in [2.45, 2.75) is 6.92 Å². The van der Waals surface area contributed by atoms with E-state index in [1.807, 2.05) is 0 Å². The number of allylic oxidation sites excluding steroid dienone is 1. The minimum atomic E-state index is -0.457. The molecule has 1 amide bonds. The minimum Gasteiger partial charge on any atom is -0.385 e. The monoisotopic (exact) mass is 199 g/mol. The van der Waals surface area contributed by atoms with Gasteiger partial charge in [0.25, 0.3) is 5.91 Å². The largest absolute Gasteiger partial charge is 0.385 e. The van der Waals surface area contributed by atoms with Crippen molar-refractivity contribution >= 4 is 23.1 Å². The maximum Gasteiger partial charge on any atom is 0.282 e. The molecule has 0 aliphatic carbocycles. The highest BCUT2D eigenvalue weighted by atomic mass is 32.1. The van der Waals surface area contributed by atoms with Gasteiger partial charge in [0.05, 0.1) is 0 Å². The number of carbonyl (C=O) groups is 1. The second kappa shape index (κ2) is 5.31. The van der Waals surface area contributed by atoms with E-state index in [0.717, 1.165) is 0 Å². The Labute approximate surface area is 83.1 Å². The summed E-state index contributed by atoms with van der Waals surface area (Å²) < 4.78 is 0. The van der Waals surface area contributed by atoms with Gasteiger partial charge in [-0.3, -0.25) is 4.79 Å². The molecule has 0 saturated heterocycles. The van der Waals surface area contributed by atoms with Crippen molar-refractivity contribution in [1.82, 2.24) is 10.2 Å². The van der Waals surface area contributed by atoms with Crippen LogP contribution >= 0.6 is 12.2 Å². The van der Waals surface area contributed by atoms with Gasteiger partial charge in [-0.2, -0.15) is 0 Å². The van der Waals surface area contributed by atoms with Crippen LogP contribution in [0.2, 0.25) is 0 Å². The van der Waals surface area contributed by atoms with Crippen molar-refractivity contribution in [2.75, 3.05) is 7.05 Å². The van der Waals surface area contributed by atoms with Gasteiger partial charge >= 0.3 is 0 Å². The second-order valence-corrected chi connectivity index (χ2v) is 2.92. The van der Waals surface area contributed by atoms with E-state index in [2.05, 4.69) is 24.1 Å². The maximum absolute atomic E-state index is 11.0. The van der Waals surface area contributed by atoms with Crippen LogP contribution in [0.25, 0.3) is 0 Å². The third kappa shape index (κ3) is 4.97. The molecule has 0 spiro atoms. The van der Waals surface area contributed by atoms with E-state index in [1.54, 1.807) is 31.3 Å². The zero-order valence-corrected chi connectivity index (χ0v) is 8.52. The van der Waals surface area contributed by atoms with Crippen LogP contribution in [0.5, 0.6) is 0 Å². The van der Waals surface area contributed by atoms with Crippen LogP contribution in [-0.2, 0) is 4.79 Å². The number of thiocarbonyl (C=S) groups is 1. The summed E-state index contributed by atoms with van der Waals surface area (Å²) >= 11 is 4.48. The lowest BCUT2D eigenvalue weighted by Crippen LogP contribution is -2.33. The van der Waals surface area contributed by atoms with E-state index in [9.17, 15) is 4.79 Å². The molecule has 0 aromatic carbocycles. The van der Waals surface area contributed by atoms with Crippen molar-refractivity contribution < 1.29 is 4.79 Å². The Bertz CT molecular complexity index is 260. The predicted molar refractivity (Wildman–Crippen MR) is 56.6 cm³/mol. The standard InChI is InChI=1S/C8H13N3OS/c1-4-11(3)5-6(2)10-8(12)7(9)13/h4-5H,1H2,2-3H3,(H2,9,13)(H,10,12)/b6-5+. The van der Waals surface area contributed by atoms with E-state index in [0.29, 0.717) is 5.70 Å². The van der Waals surface area contributed by atoms with Crippen LogP contribution < -0.4 is 11.1 Å². The third-order valence-corrected chi connectivity index (χ3v) is 1.41. The molecule has 0 rings (SSSR count). The summed E-state index contributed by atoms with van der Waals surface area (Å²) in [4.78, 5) is 12.5. The molecular formula is C8H13N3OS. The summed E-state index contributed by atoms with van der Waals surface area (Å²) in [6.45, 7) is 5.28. The number of nitrogens with two attached hydrogens (primary N) is 1. The molecule has 0 bridgehead atoms. The molecular weight excluding hydrogens is 186 g/mol. The molecule has 0 aliphatic rings. The number of amides is 1. The fourth-order valence-corrected chi connectivity index (χ4v) is 0.682. The molecule has 4 nitrogen and oxygen atoms in total. The Balaban J connectivity index is 4.21. The van der Waals surface area contributed by atoms with Gasteiger partial charge in [0.15, 0.2) is 4.99 Å². The van der Waals surface area contributed by atoms with Gasteiger partial charge in [-0.1, -0.05) is 18.8 Å². The number of nitrogens with one attached hydrogen (secondary N) is 1. The molecule has 0 atom stereocenters. The fourth-order valence-electron chi connectivity index (χ4n) is 0.631. The van der Waals surface area contributed by atoms with Gasteiger partial charge in [0.1, 0.15) is 0 Å². The van der Waals surface area contributed by atoms with Crippen LogP contribution in [0.3, 0.4) is 0 Å². The first kappa shape index (κ1) is 11.6. The Kier molecular flexibility index (Phi) is 4.76. The highest BCUT2D eigenvalue weighted by molar-refractivity contribution is 7.82. The van der Waals surface area contributed by atoms with Gasteiger partial charge in [0.2, 0.25) is 0 Å². The minimum absolute atomic E-state index is 0.172. The summed E-state index contributed by atoms with van der Waals surface area (Å²) in [7, 11) is 1.80. The molecule has 0 fully saturated rings. The molecule has 0 aromatic heterocycles. The van der Waals surface area contributed by atoms with Gasteiger partial charge in [-0.15, -0.1) is 0 Å². The number of hydrogen-bond donors (Lipinski definition) is 2. The number of carbonyl (C=O) groups excluding carboxylic acids is 1. The van der Waals surface area contributed by atoms with E-state index in [1.165, 1.54) is 0 Å². The van der Waals surface area contributed by atoms with Crippen LogP contribution in [0.4, 0.5) is 0 Å². The van der Waals surface area contributed by atoms with Crippen molar-refractivity contribution in [1.29, 1.82) is 0 Å². The average Bonchev–Trinajstić information content (AvgIpc) is 2.03. The summed E-state index contributed by atoms with van der Waals surface area (Å²) in [6, 6.07) is 0. The molecule has 0 saturated carbocycles. The molecule has 0 aromatic rings. The molecule has 13 heavy (non-hydrogen) atoms. The van der Waals surface area contributed by atoms with Crippen molar-refractivity contribution in [2.24, 2.45) is 5.73 Å². The van der Waals surface area contributed by atoms with Gasteiger partial charge in [0, 0.05) is 18.9 Å². The summed E-state index contributed by atoms with van der Waals surface area (Å²) in [6.07, 6.45) is 3.31. The predicted octanol–water partition coefficient (Wildman–Crippen LogP) is 0.325. The lowest BCUT2D eigenvalue weighted by molar-refractivity contribution is -0.114. The normalized spacial score (nSPS) is 10.5. The van der Waals surface area contributed by atoms with Crippen LogP contribution in [-0.4, -0.2) is 22.8 Å². The number of hydrogen-bond acceptors (Lipinski definition) is 3. The molecule has 0 heterocycles. The zero-order chi connectivity index (χ0) is 10.4. The highest BCUT2D eigenvalue weighted by Gasteiger charge is 2.03. The zero-order valence-electron chi connectivity index (χ0n) is 7.70. The van der Waals surface area contributed by atoms with Crippen LogP contribution in [0.1, 0.15) is 6.92 Å². The van der Waals surface area contributed by atoms with Crippen molar-refractivity contribution in [3.63, 3.8) is 0 Å². The molecule has 0 aliphatic heterocycles. The van der Waals surface area contributed by atoms with E-state index in [-0.39, 0.29) is 4.99 Å². The second-order valence-electron chi connectivity index (χ2n) is 2.48. The fraction of sp³-hybridized carbons (Fsp3) is 0.250. The first-order valence-corrected chi connectivity index (χ1v) is 4.02. The summed E-state index contributed by atoms with van der Waals surface area (Å²) in [5.74, 6) is -0.457. The van der Waals surface area contributed by atoms with E-state index < -0.39 is 5.91 Å². The summed E-state index contributed by atoms with van der Waals surface area (Å²) in [5.41, 5.74) is 5.76. The third-order valence-electron chi connectivity index (χ3n) is 1.22. The smallest absolute Gasteiger partial charge is 0.282 e. The topological polar surface area (TPSA) is 58.4 Å². The molecule has 5 heteroatoms. The lowest BCUT2D eigenvalue weighted by Gasteiger charge is -2.09. The Morgan fingerprint density at radius 1 is 1.69 bits per heavy atom. The van der Waals surface area contributed by atoms with Crippen LogP contribution in [0, 0.1) is 0 Å². The van der Waals surface area contributed by atoms with Crippen LogP contribution in [0.15, 0.2) is 24.7 Å². The van der Waals surface area contributed by atoms with Crippen molar-refractivity contribution in [3.8, 4) is 0 Å². The van der Waals surface area contributed by atoms with Gasteiger partial charge in [-0.05, 0) is 13.1 Å². The number of rotatable bonds is 3. The Hall–Kier alpha value is -1.36. The molecule has 72 valence electrons. The lowest BCUT2D eigenvalue weighted by atomic mass is 10.4. The average molecular weight is 199 g/mol. The van der Waals surface area contributed by atoms with Gasteiger partial charge in [-0.25, -0.2) is 0 Å². The SMILES string of the molecule is C=CN(C)/C=C(\C)NC(=O)C(N)=S. The first-order chi connectivity index (χ1) is 5.97. The van der Waals surface area contributed by atoms with Crippen molar-refractivity contribution in [3.05, 3.63) is 24.7 Å². The Morgan fingerprint density at radius 2 is 2.23 bits per heavy atom. The number of nitrogens with zero attached hydrogens (tertiary/aromatic N) is 1. The molecule has 0 radical (unpaired) electrons. The van der Waals surface area contributed by atoms with E-state index >= 15 is 0 Å². The first-order valence-electron chi connectivity index (χ1n) is 3.61. The highest BCUT2D eigenvalue weighted by Crippen LogP contribution is 1.91. The maximum atomic E-state index is 11.0. The molecule has 3 N–H and O–H groups in total. The Morgan fingerprint density at radius 3 is 2.62 bits per heavy atom. The van der Waals surface area contributed by atoms with Gasteiger partial charge < -0.3 is 16.0 Å². The van der Waals surface area contributed by atoms with E-state index in [4.69, 9.17) is 5.73 Å². The quantitative estimate of drug-likeness (QED) is 0.643.